The first kappa shape index (κ1) is 73.9. The Morgan fingerprint density at radius 3 is 1.58 bits per heavy atom. The fourth-order valence-corrected chi connectivity index (χ4v) is 15.7. The molecule has 7 heterocycles. The van der Waals surface area contributed by atoms with E-state index >= 15 is 0 Å². The minimum absolute atomic E-state index is 0.0112. The minimum Gasteiger partial charge on any atom is -0.489 e. The van der Waals surface area contributed by atoms with Crippen LogP contribution >= 0.6 is 35.3 Å². The second-order valence-corrected chi connectivity index (χ2v) is 29.5. The molecule has 538 valence electrons. The monoisotopic (exact) mass is 1470 g/mol. The van der Waals surface area contributed by atoms with Crippen molar-refractivity contribution in [3.05, 3.63) is 229 Å². The predicted octanol–water partition coefficient (Wildman–Crippen LogP) is 14.9. The molecule has 3 aliphatic carbocycles. The van der Waals surface area contributed by atoms with Gasteiger partial charge < -0.3 is 31.1 Å². The number of benzene rings is 5. The number of pyridine rings is 1. The maximum atomic E-state index is 13.7. The first-order valence-electron chi connectivity index (χ1n) is 34.0. The molecular weight excluding hydrogens is 1390 g/mol. The normalized spacial score (nSPS) is 16.8. The molecule has 12 aromatic rings. The summed E-state index contributed by atoms with van der Waals surface area (Å²) in [4.78, 5) is 78.6. The number of aromatic nitrogens is 13. The van der Waals surface area contributed by atoms with E-state index in [4.69, 9.17) is 4.74 Å². The molecule has 4 atom stereocenters. The Morgan fingerprint density at radius 2 is 1.07 bits per heavy atom. The Hall–Kier alpha value is -10.8. The first-order valence-corrected chi connectivity index (χ1v) is 37.0. The van der Waals surface area contributed by atoms with E-state index in [9.17, 15) is 33.1 Å². The number of nitrogens with zero attached hydrogens (tertiary/aromatic N) is 10. The van der Waals surface area contributed by atoms with Gasteiger partial charge in [0.05, 0.1) is 47.3 Å². The summed E-state index contributed by atoms with van der Waals surface area (Å²) < 4.78 is 32.8. The van der Waals surface area contributed by atoms with Gasteiger partial charge in [-0.1, -0.05) is 82.3 Å². The Balaban J connectivity index is 0.000000132. The van der Waals surface area contributed by atoms with Gasteiger partial charge in [0.15, 0.2) is 16.9 Å². The SMILES string of the molecule is C/C=C/C(=O)Nc1cccc(CSc2ncnc3[nH]ncc23)c1.CC1(C)C(C(=O)Nc2cccc(CSc3ncnc4[nH]ncc34)c2)C1(C)C.O=C(Cc1cc(F)ccc1F)Nc1cccc(CSc2ncnc3[nH]ncc23)c1.O=C(Nc1cccc(OCc2cccnc2)c1)C1CC2CC1CCC2O. The van der Waals surface area contributed by atoms with Crippen molar-refractivity contribution < 1.29 is 37.8 Å². The van der Waals surface area contributed by atoms with Crippen LogP contribution in [0.15, 0.2) is 205 Å². The predicted molar refractivity (Wildman–Crippen MR) is 403 cm³/mol. The van der Waals surface area contributed by atoms with Crippen LogP contribution in [0.5, 0.6) is 5.75 Å². The fraction of sp³-hybridized carbons (Fsp3) is 0.273. The standard InChI is InChI=1S/C21H24N2O3.C20H15F2N5OS.C20H23N5OS.C16H15N5OS/c24-20-7-6-15-9-16(20)10-19(15)21(25)23-17-4-1-5-18(11-17)26-13-14-3-2-8-22-12-14;21-14-4-5-17(22)13(7-14)8-18(28)26-15-3-1-2-12(6-15)10-29-20-16-9-25-27-19(16)23-11-24-20;1-19(2)15(20(19,3)4)17(26)24-13-7-5-6-12(8-13)10-27-18-14-9-23-25-16(14)21-11-22-18;1-2-4-14(22)20-12-6-3-5-11(7-12)9-23-16-13-8-19-21-15(13)17-10-18-16/h1-5,8,11-12,15-16,19-20,24H,6-7,9-10,13H2,(H,23,25);1-7,9,11H,8,10H2,(H,26,28)(H,23,24,25,27);5-9,11,15H,10H2,1-4H3,(H,24,26)(H,21,22,23,25);2-8,10H,9H2,1H3,(H,20,22)(H,17,18,19,21)/b;;;4-2+. The number of carbonyl (C=O) groups is 4. The Labute approximate surface area is 616 Å². The van der Waals surface area contributed by atoms with Crippen LogP contribution in [0, 0.1) is 46.1 Å². The molecule has 3 fully saturated rings. The van der Waals surface area contributed by atoms with Crippen molar-refractivity contribution in [2.24, 2.45) is 34.5 Å². The molecule has 23 nitrogen and oxygen atoms in total. The highest BCUT2D eigenvalue weighted by Crippen LogP contribution is 2.68. The van der Waals surface area contributed by atoms with Crippen molar-refractivity contribution in [3.8, 4) is 5.75 Å². The zero-order valence-corrected chi connectivity index (χ0v) is 60.5. The van der Waals surface area contributed by atoms with Gasteiger partial charge in [0.25, 0.3) is 0 Å². The maximum Gasteiger partial charge on any atom is 0.248 e. The lowest BCUT2D eigenvalue weighted by molar-refractivity contribution is -0.121. The molecule has 0 aliphatic heterocycles. The third-order valence-corrected chi connectivity index (χ3v) is 22.2. The zero-order chi connectivity index (χ0) is 73.5. The van der Waals surface area contributed by atoms with Crippen LogP contribution in [0.3, 0.4) is 0 Å². The summed E-state index contributed by atoms with van der Waals surface area (Å²) in [6.07, 6.45) is 19.5. The van der Waals surface area contributed by atoms with Crippen LogP contribution in [0.1, 0.15) is 88.1 Å². The molecular formula is C77H77F2N17O6S3. The van der Waals surface area contributed by atoms with Crippen molar-refractivity contribution in [2.75, 3.05) is 21.3 Å². The van der Waals surface area contributed by atoms with E-state index in [1.165, 1.54) is 30.5 Å². The molecule has 3 aliphatic rings. The van der Waals surface area contributed by atoms with Gasteiger partial charge in [-0.15, -0.1) is 35.3 Å². The van der Waals surface area contributed by atoms with E-state index in [1.54, 1.807) is 73.0 Å². The topological polar surface area (TPSA) is 322 Å². The van der Waals surface area contributed by atoms with Gasteiger partial charge >= 0.3 is 0 Å². The van der Waals surface area contributed by atoms with Crippen molar-refractivity contribution >= 4 is 115 Å². The first-order chi connectivity index (χ1) is 50.8. The van der Waals surface area contributed by atoms with Crippen molar-refractivity contribution in [1.29, 1.82) is 0 Å². The summed E-state index contributed by atoms with van der Waals surface area (Å²) in [6.45, 7) is 10.9. The molecule has 5 aromatic carbocycles. The fourth-order valence-electron chi connectivity index (χ4n) is 13.0. The molecule has 0 radical (unpaired) electrons. The summed E-state index contributed by atoms with van der Waals surface area (Å²) in [5.41, 5.74) is 9.39. The summed E-state index contributed by atoms with van der Waals surface area (Å²) >= 11 is 4.76. The molecule has 8 N–H and O–H groups in total. The molecule has 15 rings (SSSR count). The number of aliphatic hydroxyl groups is 1. The summed E-state index contributed by atoms with van der Waals surface area (Å²) in [5.74, 6) is 2.01. The number of ether oxygens (including phenoxy) is 1. The molecule has 4 unspecified atom stereocenters. The minimum atomic E-state index is -0.609. The number of allylic oxidation sites excluding steroid dienone is 1. The second-order valence-electron chi connectivity index (χ2n) is 26.6. The highest BCUT2D eigenvalue weighted by Gasteiger charge is 2.68. The molecule has 28 heteroatoms. The lowest BCUT2D eigenvalue weighted by Gasteiger charge is -2.24. The van der Waals surface area contributed by atoms with E-state index in [1.807, 2.05) is 104 Å². The van der Waals surface area contributed by atoms with Crippen molar-refractivity contribution in [3.63, 3.8) is 0 Å². The van der Waals surface area contributed by atoms with Gasteiger partial charge in [-0.3, -0.25) is 39.5 Å². The Bertz CT molecular complexity index is 5050. The van der Waals surface area contributed by atoms with Crippen LogP contribution in [-0.2, 0) is 49.5 Å². The number of carbonyl (C=O) groups excluding carboxylic acids is 4. The number of anilines is 4. The van der Waals surface area contributed by atoms with E-state index in [0.29, 0.717) is 41.3 Å². The van der Waals surface area contributed by atoms with Crippen LogP contribution < -0.4 is 26.0 Å². The van der Waals surface area contributed by atoms with Crippen LogP contribution in [0.2, 0.25) is 0 Å². The summed E-state index contributed by atoms with van der Waals surface area (Å²) in [6, 6.07) is 37.5. The number of amides is 4. The third kappa shape index (κ3) is 19.1. The Morgan fingerprint density at radius 1 is 0.562 bits per heavy atom. The number of halogens is 2. The van der Waals surface area contributed by atoms with Gasteiger partial charge in [0.2, 0.25) is 23.6 Å². The summed E-state index contributed by atoms with van der Waals surface area (Å²) in [7, 11) is 0. The van der Waals surface area contributed by atoms with E-state index in [0.717, 1.165) is 137 Å². The van der Waals surface area contributed by atoms with Gasteiger partial charge in [-0.2, -0.15) is 15.3 Å². The maximum absolute atomic E-state index is 13.7. The number of nitrogens with one attached hydrogen (secondary N) is 7. The quantitative estimate of drug-likeness (QED) is 0.0188. The Kier molecular flexibility index (Phi) is 24.1. The van der Waals surface area contributed by atoms with Crippen molar-refractivity contribution in [2.45, 2.75) is 112 Å². The lowest BCUT2D eigenvalue weighted by atomic mass is 9.85. The van der Waals surface area contributed by atoms with Gasteiger partial charge in [-0.05, 0) is 151 Å². The molecule has 3 saturated carbocycles. The molecule has 0 saturated heterocycles. The molecule has 4 amide bonds. The van der Waals surface area contributed by atoms with E-state index < -0.39 is 17.5 Å². The molecule has 105 heavy (non-hydrogen) atoms. The number of aliphatic hydroxyl groups excluding tert-OH is 1. The average Bonchev–Trinajstić information content (AvgIpc) is 1.53. The molecule has 0 spiro atoms. The average molecular weight is 1470 g/mol. The highest BCUT2D eigenvalue weighted by atomic mass is 32.2. The van der Waals surface area contributed by atoms with Gasteiger partial charge in [0, 0.05) is 81.4 Å². The number of H-pyrrole nitrogens is 3. The molecule has 7 aromatic heterocycles. The number of rotatable bonds is 21. The highest BCUT2D eigenvalue weighted by molar-refractivity contribution is 7.99. The van der Waals surface area contributed by atoms with E-state index in [2.05, 4.69) is 121 Å². The van der Waals surface area contributed by atoms with Gasteiger partial charge in [0.1, 0.15) is 58.1 Å². The lowest BCUT2D eigenvalue weighted by Crippen LogP contribution is -2.26. The van der Waals surface area contributed by atoms with Crippen LogP contribution in [-0.4, -0.2) is 100 Å². The number of fused-ring (bicyclic) bond motifs is 5. The van der Waals surface area contributed by atoms with Crippen LogP contribution in [0.25, 0.3) is 33.1 Å². The number of hydrogen-bond acceptors (Lipinski definition) is 19. The second kappa shape index (κ2) is 34.2. The van der Waals surface area contributed by atoms with E-state index in [-0.39, 0.29) is 58.5 Å². The zero-order valence-electron chi connectivity index (χ0n) is 58.1. The molecule has 2 bridgehead atoms. The largest absolute Gasteiger partial charge is 0.489 e. The smallest absolute Gasteiger partial charge is 0.248 e. The summed E-state index contributed by atoms with van der Waals surface area (Å²) in [5, 5.41) is 47.4. The van der Waals surface area contributed by atoms with Gasteiger partial charge in [-0.25, -0.2) is 38.7 Å². The number of thioether (sulfide) groups is 3. The third-order valence-electron chi connectivity index (χ3n) is 19.0. The van der Waals surface area contributed by atoms with Crippen molar-refractivity contribution in [1.82, 2.24) is 65.5 Å². The number of hydrogen-bond donors (Lipinski definition) is 8. The number of aromatic amines is 3. The van der Waals surface area contributed by atoms with Crippen LogP contribution in [0.4, 0.5) is 31.5 Å².